The van der Waals surface area contributed by atoms with Gasteiger partial charge in [0, 0.05) is 30.3 Å². The van der Waals surface area contributed by atoms with Gasteiger partial charge in [0.05, 0.1) is 0 Å². The summed E-state index contributed by atoms with van der Waals surface area (Å²) in [6.45, 7) is 0.688. The van der Waals surface area contributed by atoms with E-state index in [-0.39, 0.29) is 5.91 Å². The minimum atomic E-state index is 0.115. The van der Waals surface area contributed by atoms with Crippen LogP contribution in [-0.4, -0.2) is 21.4 Å². The van der Waals surface area contributed by atoms with Crippen molar-refractivity contribution in [3.05, 3.63) is 58.3 Å². The Bertz CT molecular complexity index is 617. The molecule has 0 spiro atoms. The van der Waals surface area contributed by atoms with Crippen LogP contribution in [0.15, 0.2) is 47.1 Å². The van der Waals surface area contributed by atoms with E-state index < -0.39 is 0 Å². The normalized spacial score (nSPS) is 14.3. The van der Waals surface area contributed by atoms with Crippen LogP contribution >= 0.6 is 15.9 Å². The monoisotopic (exact) mass is 332 g/mol. The minimum absolute atomic E-state index is 0.115. The second-order valence-electron chi connectivity index (χ2n) is 5.30. The second kappa shape index (κ2) is 5.44. The van der Waals surface area contributed by atoms with Crippen LogP contribution in [-0.2, 0) is 13.6 Å². The highest BCUT2D eigenvalue weighted by Gasteiger charge is 2.33. The molecule has 3 nitrogen and oxygen atoms in total. The van der Waals surface area contributed by atoms with Gasteiger partial charge in [-0.1, -0.05) is 30.3 Å². The number of carbonyl (C=O) groups is 1. The number of halogens is 1. The van der Waals surface area contributed by atoms with E-state index in [1.807, 2.05) is 47.0 Å². The molecule has 0 bridgehead atoms. The van der Waals surface area contributed by atoms with Gasteiger partial charge in [0.2, 0.25) is 0 Å². The number of carbonyl (C=O) groups excluding carboxylic acids is 1. The van der Waals surface area contributed by atoms with Gasteiger partial charge in [0.15, 0.2) is 0 Å². The highest BCUT2D eigenvalue weighted by atomic mass is 79.9. The number of rotatable bonds is 4. The van der Waals surface area contributed by atoms with Crippen molar-refractivity contribution in [2.75, 3.05) is 0 Å². The van der Waals surface area contributed by atoms with Crippen molar-refractivity contribution in [1.82, 2.24) is 9.47 Å². The summed E-state index contributed by atoms with van der Waals surface area (Å²) in [5.74, 6) is 0.115. The van der Waals surface area contributed by atoms with Gasteiger partial charge in [-0.05, 0) is 40.4 Å². The average Bonchev–Trinajstić information content (AvgIpc) is 3.22. The molecular formula is C16H17BrN2O. The molecule has 1 aromatic heterocycles. The third kappa shape index (κ3) is 2.80. The van der Waals surface area contributed by atoms with Gasteiger partial charge in [-0.15, -0.1) is 0 Å². The lowest BCUT2D eigenvalue weighted by Gasteiger charge is -2.22. The first kappa shape index (κ1) is 13.4. The van der Waals surface area contributed by atoms with Gasteiger partial charge in [-0.25, -0.2) is 0 Å². The van der Waals surface area contributed by atoms with Gasteiger partial charge < -0.3 is 9.47 Å². The SMILES string of the molecule is Cn1cc(Br)cc1C(=O)N(Cc1ccccc1)C1CC1. The standard InChI is InChI=1S/C16H17BrN2O/c1-18-11-13(17)9-15(18)16(20)19(14-7-8-14)10-12-5-3-2-4-6-12/h2-6,9,11,14H,7-8,10H2,1H3. The van der Waals surface area contributed by atoms with Crippen LogP contribution in [0, 0.1) is 0 Å². The van der Waals surface area contributed by atoms with Crippen LogP contribution < -0.4 is 0 Å². The maximum atomic E-state index is 12.7. The van der Waals surface area contributed by atoms with Gasteiger partial charge in [-0.3, -0.25) is 4.79 Å². The fourth-order valence-electron chi connectivity index (χ4n) is 2.42. The van der Waals surface area contributed by atoms with Crippen molar-refractivity contribution in [2.45, 2.75) is 25.4 Å². The third-order valence-corrected chi connectivity index (χ3v) is 4.07. The molecule has 1 aliphatic rings. The molecule has 0 radical (unpaired) electrons. The Balaban J connectivity index is 1.84. The summed E-state index contributed by atoms with van der Waals surface area (Å²) in [4.78, 5) is 14.7. The zero-order valence-electron chi connectivity index (χ0n) is 11.4. The molecule has 0 unspecified atom stereocenters. The summed E-state index contributed by atoms with van der Waals surface area (Å²) < 4.78 is 2.83. The molecule has 1 heterocycles. The number of hydrogen-bond donors (Lipinski definition) is 0. The van der Waals surface area contributed by atoms with E-state index in [2.05, 4.69) is 28.1 Å². The Labute approximate surface area is 127 Å². The largest absolute Gasteiger partial charge is 0.345 e. The summed E-state index contributed by atoms with van der Waals surface area (Å²) in [6, 6.07) is 12.5. The summed E-state index contributed by atoms with van der Waals surface area (Å²) in [5, 5.41) is 0. The Morgan fingerprint density at radius 1 is 1.35 bits per heavy atom. The first-order chi connectivity index (χ1) is 9.65. The molecule has 0 saturated heterocycles. The smallest absolute Gasteiger partial charge is 0.271 e. The molecule has 1 aliphatic carbocycles. The van der Waals surface area contributed by atoms with E-state index in [1.54, 1.807) is 0 Å². The average molecular weight is 333 g/mol. The van der Waals surface area contributed by atoms with Crippen LogP contribution in [0.25, 0.3) is 0 Å². The van der Waals surface area contributed by atoms with E-state index >= 15 is 0 Å². The zero-order chi connectivity index (χ0) is 14.1. The van der Waals surface area contributed by atoms with Crippen LogP contribution in [0.5, 0.6) is 0 Å². The van der Waals surface area contributed by atoms with Crippen LogP contribution in [0.1, 0.15) is 28.9 Å². The molecule has 2 aromatic rings. The minimum Gasteiger partial charge on any atom is -0.345 e. The summed E-state index contributed by atoms with van der Waals surface area (Å²) in [7, 11) is 1.91. The predicted octanol–water partition coefficient (Wildman–Crippen LogP) is 3.59. The fraction of sp³-hybridized carbons (Fsp3) is 0.312. The number of aryl methyl sites for hydroxylation is 1. The molecule has 1 aromatic carbocycles. The third-order valence-electron chi connectivity index (χ3n) is 3.63. The van der Waals surface area contributed by atoms with Crippen molar-refractivity contribution >= 4 is 21.8 Å². The number of nitrogens with zero attached hydrogens (tertiary/aromatic N) is 2. The fourth-order valence-corrected chi connectivity index (χ4v) is 2.94. The number of hydrogen-bond acceptors (Lipinski definition) is 1. The summed E-state index contributed by atoms with van der Waals surface area (Å²) >= 11 is 3.43. The molecule has 3 rings (SSSR count). The van der Waals surface area contributed by atoms with E-state index in [0.29, 0.717) is 12.6 Å². The molecule has 1 amide bonds. The van der Waals surface area contributed by atoms with Crippen molar-refractivity contribution in [3.8, 4) is 0 Å². The maximum Gasteiger partial charge on any atom is 0.271 e. The van der Waals surface area contributed by atoms with Crippen molar-refractivity contribution in [3.63, 3.8) is 0 Å². The van der Waals surface area contributed by atoms with Crippen LogP contribution in [0.3, 0.4) is 0 Å². The van der Waals surface area contributed by atoms with Crippen LogP contribution in [0.4, 0.5) is 0 Å². The molecule has 104 valence electrons. The molecule has 1 saturated carbocycles. The number of benzene rings is 1. The van der Waals surface area contributed by atoms with Crippen molar-refractivity contribution < 1.29 is 4.79 Å². The molecule has 20 heavy (non-hydrogen) atoms. The molecule has 4 heteroatoms. The molecule has 1 fully saturated rings. The lowest BCUT2D eigenvalue weighted by molar-refractivity contribution is 0.0720. The molecule has 0 N–H and O–H groups in total. The summed E-state index contributed by atoms with van der Waals surface area (Å²) in [6.07, 6.45) is 4.15. The van der Waals surface area contributed by atoms with Crippen LogP contribution in [0.2, 0.25) is 0 Å². The lowest BCUT2D eigenvalue weighted by atomic mass is 10.2. The topological polar surface area (TPSA) is 25.2 Å². The molecule has 0 atom stereocenters. The zero-order valence-corrected chi connectivity index (χ0v) is 13.0. The van der Waals surface area contributed by atoms with Gasteiger partial charge in [-0.2, -0.15) is 0 Å². The van der Waals surface area contributed by atoms with E-state index in [1.165, 1.54) is 5.56 Å². The van der Waals surface area contributed by atoms with Crippen molar-refractivity contribution in [2.24, 2.45) is 7.05 Å². The van der Waals surface area contributed by atoms with E-state index in [4.69, 9.17) is 0 Å². The van der Waals surface area contributed by atoms with E-state index in [0.717, 1.165) is 23.0 Å². The molecular weight excluding hydrogens is 316 g/mol. The van der Waals surface area contributed by atoms with Gasteiger partial charge >= 0.3 is 0 Å². The predicted molar refractivity (Wildman–Crippen MR) is 82.5 cm³/mol. The Morgan fingerprint density at radius 2 is 2.05 bits per heavy atom. The molecule has 0 aliphatic heterocycles. The van der Waals surface area contributed by atoms with Gasteiger partial charge in [0.1, 0.15) is 5.69 Å². The lowest BCUT2D eigenvalue weighted by Crippen LogP contribution is -2.33. The summed E-state index contributed by atoms with van der Waals surface area (Å²) in [5.41, 5.74) is 1.92. The Morgan fingerprint density at radius 3 is 2.60 bits per heavy atom. The maximum absolute atomic E-state index is 12.7. The van der Waals surface area contributed by atoms with Gasteiger partial charge in [0.25, 0.3) is 5.91 Å². The first-order valence-corrected chi connectivity index (χ1v) is 7.61. The highest BCUT2D eigenvalue weighted by molar-refractivity contribution is 9.10. The number of amides is 1. The number of aromatic nitrogens is 1. The Hall–Kier alpha value is -1.55. The highest BCUT2D eigenvalue weighted by Crippen LogP contribution is 2.30. The second-order valence-corrected chi connectivity index (χ2v) is 6.22. The Kier molecular flexibility index (Phi) is 3.66. The quantitative estimate of drug-likeness (QED) is 0.839. The van der Waals surface area contributed by atoms with Crippen molar-refractivity contribution in [1.29, 1.82) is 0 Å². The first-order valence-electron chi connectivity index (χ1n) is 6.82. The van der Waals surface area contributed by atoms with E-state index in [9.17, 15) is 4.79 Å².